The van der Waals surface area contributed by atoms with Crippen LogP contribution in [-0.2, 0) is 14.3 Å². The van der Waals surface area contributed by atoms with Crippen LogP contribution in [0.3, 0.4) is 0 Å². The summed E-state index contributed by atoms with van der Waals surface area (Å²) >= 11 is 6.23. The van der Waals surface area contributed by atoms with Gasteiger partial charge in [0.05, 0.1) is 5.57 Å². The number of hydrogen-bond donors (Lipinski definition) is 1. The third-order valence-corrected chi connectivity index (χ3v) is 5.23. The zero-order valence-corrected chi connectivity index (χ0v) is 17.7. The molecule has 0 saturated carbocycles. The number of nitrogens with one attached hydrogen (secondary N) is 1. The van der Waals surface area contributed by atoms with Crippen molar-refractivity contribution < 1.29 is 14.3 Å². The van der Waals surface area contributed by atoms with Gasteiger partial charge in [0.1, 0.15) is 5.70 Å². The Kier molecular flexibility index (Phi) is 6.72. The van der Waals surface area contributed by atoms with Crippen molar-refractivity contribution >= 4 is 34.7 Å². The lowest BCUT2D eigenvalue weighted by atomic mass is 10.0. The fourth-order valence-corrected chi connectivity index (χ4v) is 3.35. The minimum atomic E-state index is -0.334. The Morgan fingerprint density at radius 1 is 1.03 bits per heavy atom. The number of nitrogens with zero attached hydrogens (tertiary/aromatic N) is 1. The van der Waals surface area contributed by atoms with Gasteiger partial charge in [-0.3, -0.25) is 14.5 Å². The average Bonchev–Trinajstić information content (AvgIpc) is 2.93. The normalized spacial score (nSPS) is 14.1. The fraction of sp³-hybridized carbons (Fsp3) is 0.304. The van der Waals surface area contributed by atoms with Crippen molar-refractivity contribution in [2.45, 2.75) is 27.2 Å². The molecule has 1 aliphatic rings. The highest BCUT2D eigenvalue weighted by atomic mass is 35.5. The van der Waals surface area contributed by atoms with Crippen LogP contribution in [0.4, 0.5) is 5.69 Å². The lowest BCUT2D eigenvalue weighted by molar-refractivity contribution is -0.137. The second kappa shape index (κ2) is 9.25. The molecule has 2 aromatic carbocycles. The van der Waals surface area contributed by atoms with Gasteiger partial charge in [0.2, 0.25) is 0 Å². The molecule has 3 rings (SSSR count). The van der Waals surface area contributed by atoms with Gasteiger partial charge in [-0.25, -0.2) is 0 Å². The molecule has 0 bridgehead atoms. The van der Waals surface area contributed by atoms with Crippen LogP contribution in [0.1, 0.15) is 30.0 Å². The SMILES string of the molecule is CCOCCCN1C(=O)C(Nc2ccc(C)c(Cl)c2)=C(c2ccc(C)cc2)C1=O. The van der Waals surface area contributed by atoms with E-state index < -0.39 is 0 Å². The number of amides is 2. The van der Waals surface area contributed by atoms with Crippen molar-refractivity contribution in [3.05, 3.63) is 69.9 Å². The van der Waals surface area contributed by atoms with E-state index in [0.717, 1.165) is 11.1 Å². The number of hydrogen-bond acceptors (Lipinski definition) is 4. The van der Waals surface area contributed by atoms with Gasteiger partial charge in [-0.15, -0.1) is 0 Å². The molecule has 0 atom stereocenters. The standard InChI is InChI=1S/C23H25ClN2O3/c1-4-29-13-5-12-26-22(27)20(17-9-6-15(2)7-10-17)21(23(26)28)25-18-11-8-16(3)19(24)14-18/h6-11,14,25H,4-5,12-13H2,1-3H3. The van der Waals surface area contributed by atoms with Crippen molar-refractivity contribution in [1.29, 1.82) is 0 Å². The molecule has 1 heterocycles. The quantitative estimate of drug-likeness (QED) is 0.509. The first-order chi connectivity index (χ1) is 13.9. The molecule has 1 N–H and O–H groups in total. The van der Waals surface area contributed by atoms with Crippen molar-refractivity contribution in [3.8, 4) is 0 Å². The van der Waals surface area contributed by atoms with Crippen LogP contribution >= 0.6 is 11.6 Å². The summed E-state index contributed by atoms with van der Waals surface area (Å²) in [6.07, 6.45) is 0.593. The highest BCUT2D eigenvalue weighted by Gasteiger charge is 2.38. The highest BCUT2D eigenvalue weighted by molar-refractivity contribution is 6.36. The Balaban J connectivity index is 1.95. The summed E-state index contributed by atoms with van der Waals surface area (Å²) in [5, 5.41) is 3.73. The second-order valence-corrected chi connectivity index (χ2v) is 7.42. The molecule has 0 aliphatic carbocycles. The largest absolute Gasteiger partial charge is 0.382 e. The number of anilines is 1. The molecule has 0 saturated heterocycles. The maximum Gasteiger partial charge on any atom is 0.278 e. The van der Waals surface area contributed by atoms with Gasteiger partial charge in [0.25, 0.3) is 11.8 Å². The monoisotopic (exact) mass is 412 g/mol. The Labute approximate surface area is 176 Å². The van der Waals surface area contributed by atoms with Crippen LogP contribution in [0, 0.1) is 13.8 Å². The van der Waals surface area contributed by atoms with Gasteiger partial charge in [-0.2, -0.15) is 0 Å². The van der Waals surface area contributed by atoms with Crippen LogP contribution in [0.15, 0.2) is 48.2 Å². The highest BCUT2D eigenvalue weighted by Crippen LogP contribution is 2.31. The summed E-state index contributed by atoms with van der Waals surface area (Å²) in [6, 6.07) is 13.1. The van der Waals surface area contributed by atoms with E-state index in [1.54, 1.807) is 6.07 Å². The molecule has 1 aliphatic heterocycles. The van der Waals surface area contributed by atoms with E-state index in [1.165, 1.54) is 4.90 Å². The summed E-state index contributed by atoms with van der Waals surface area (Å²) in [5.41, 5.74) is 4.05. The maximum absolute atomic E-state index is 13.1. The molecule has 0 radical (unpaired) electrons. The number of carbonyl (C=O) groups excluding carboxylic acids is 2. The van der Waals surface area contributed by atoms with Gasteiger partial charge < -0.3 is 10.1 Å². The van der Waals surface area contributed by atoms with Gasteiger partial charge in [0, 0.05) is 30.5 Å². The molecule has 0 fully saturated rings. The fourth-order valence-electron chi connectivity index (χ4n) is 3.17. The van der Waals surface area contributed by atoms with Gasteiger partial charge in [-0.05, 0) is 50.5 Å². The van der Waals surface area contributed by atoms with Crippen LogP contribution in [0.2, 0.25) is 5.02 Å². The zero-order valence-electron chi connectivity index (χ0n) is 16.9. The van der Waals surface area contributed by atoms with E-state index in [0.29, 0.717) is 48.0 Å². The van der Waals surface area contributed by atoms with E-state index in [2.05, 4.69) is 5.32 Å². The second-order valence-electron chi connectivity index (χ2n) is 7.02. The maximum atomic E-state index is 13.1. The minimum Gasteiger partial charge on any atom is -0.382 e. The van der Waals surface area contributed by atoms with Crippen LogP contribution in [-0.4, -0.2) is 36.5 Å². The third-order valence-electron chi connectivity index (χ3n) is 4.82. The van der Waals surface area contributed by atoms with Gasteiger partial charge in [0.15, 0.2) is 0 Å². The molecule has 0 spiro atoms. The van der Waals surface area contributed by atoms with Gasteiger partial charge in [-0.1, -0.05) is 47.5 Å². The van der Waals surface area contributed by atoms with Crippen molar-refractivity contribution in [2.24, 2.45) is 0 Å². The first-order valence-corrected chi connectivity index (χ1v) is 10.1. The number of halogens is 1. The summed E-state index contributed by atoms with van der Waals surface area (Å²) in [6.45, 7) is 7.23. The molecule has 2 amide bonds. The Bertz CT molecular complexity index is 951. The summed E-state index contributed by atoms with van der Waals surface area (Å²) in [4.78, 5) is 27.5. The number of carbonyl (C=O) groups is 2. The molecule has 0 aromatic heterocycles. The number of ether oxygens (including phenoxy) is 1. The topological polar surface area (TPSA) is 58.6 Å². The Morgan fingerprint density at radius 3 is 2.41 bits per heavy atom. The zero-order chi connectivity index (χ0) is 21.0. The van der Waals surface area contributed by atoms with E-state index in [4.69, 9.17) is 16.3 Å². The molecule has 2 aromatic rings. The smallest absolute Gasteiger partial charge is 0.278 e. The average molecular weight is 413 g/mol. The van der Waals surface area contributed by atoms with Gasteiger partial charge >= 0.3 is 0 Å². The van der Waals surface area contributed by atoms with E-state index in [-0.39, 0.29) is 17.5 Å². The summed E-state index contributed by atoms with van der Waals surface area (Å²) < 4.78 is 5.34. The van der Waals surface area contributed by atoms with Crippen molar-refractivity contribution in [1.82, 2.24) is 4.90 Å². The van der Waals surface area contributed by atoms with E-state index in [9.17, 15) is 9.59 Å². The number of imide groups is 1. The molecular formula is C23H25ClN2O3. The Morgan fingerprint density at radius 2 is 1.76 bits per heavy atom. The number of aryl methyl sites for hydroxylation is 2. The Hall–Kier alpha value is -2.63. The molecular weight excluding hydrogens is 388 g/mol. The molecule has 5 nitrogen and oxygen atoms in total. The summed E-state index contributed by atoms with van der Waals surface area (Å²) in [7, 11) is 0. The predicted molar refractivity (Wildman–Crippen MR) is 116 cm³/mol. The van der Waals surface area contributed by atoms with Crippen LogP contribution in [0.25, 0.3) is 5.57 Å². The third kappa shape index (κ3) is 4.69. The number of rotatable bonds is 8. The van der Waals surface area contributed by atoms with E-state index >= 15 is 0 Å². The lowest BCUT2D eigenvalue weighted by Crippen LogP contribution is -2.34. The first kappa shape index (κ1) is 21.1. The number of benzene rings is 2. The molecule has 0 unspecified atom stereocenters. The van der Waals surface area contributed by atoms with Crippen LogP contribution < -0.4 is 5.32 Å². The first-order valence-electron chi connectivity index (χ1n) is 9.70. The molecule has 29 heavy (non-hydrogen) atoms. The molecule has 152 valence electrons. The minimum absolute atomic E-state index is 0.273. The predicted octanol–water partition coefficient (Wildman–Crippen LogP) is 4.58. The van der Waals surface area contributed by atoms with Crippen LogP contribution in [0.5, 0.6) is 0 Å². The van der Waals surface area contributed by atoms with Crippen molar-refractivity contribution in [3.63, 3.8) is 0 Å². The van der Waals surface area contributed by atoms with E-state index in [1.807, 2.05) is 57.2 Å². The lowest BCUT2D eigenvalue weighted by Gasteiger charge is -2.15. The van der Waals surface area contributed by atoms with Crippen molar-refractivity contribution in [2.75, 3.05) is 25.1 Å². The summed E-state index contributed by atoms with van der Waals surface area (Å²) in [5.74, 6) is -0.630. The molecule has 6 heteroatoms.